The number of hydrogen-bond donors (Lipinski definition) is 1. The predicted octanol–water partition coefficient (Wildman–Crippen LogP) is 4.06. The van der Waals surface area contributed by atoms with Crippen molar-refractivity contribution in [2.75, 3.05) is 5.32 Å². The number of pyridine rings is 1. The van der Waals surface area contributed by atoms with Gasteiger partial charge in [0.25, 0.3) is 5.91 Å². The van der Waals surface area contributed by atoms with Crippen molar-refractivity contribution in [1.29, 1.82) is 0 Å². The van der Waals surface area contributed by atoms with Crippen LogP contribution in [0.25, 0.3) is 0 Å². The normalized spacial score (nSPS) is 10.2. The lowest BCUT2D eigenvalue weighted by Crippen LogP contribution is -2.13. The number of benzene rings is 1. The molecule has 1 heterocycles. The molecular weight excluding hydrogens is 316 g/mol. The Bertz CT molecular complexity index is 584. The van der Waals surface area contributed by atoms with Crippen molar-refractivity contribution < 1.29 is 4.79 Å². The van der Waals surface area contributed by atoms with Crippen LogP contribution in [0.1, 0.15) is 16.1 Å². The molecule has 0 fully saturated rings. The Hall–Kier alpha value is -1.39. The first-order valence-electron chi connectivity index (χ1n) is 5.26. The second-order valence-electron chi connectivity index (χ2n) is 3.73. The number of hydrogen-bond acceptors (Lipinski definition) is 2. The van der Waals surface area contributed by atoms with Gasteiger partial charge >= 0.3 is 0 Å². The minimum atomic E-state index is -0.172. The molecule has 92 valence electrons. The molecule has 0 saturated heterocycles. The first-order chi connectivity index (χ1) is 8.56. The van der Waals surface area contributed by atoms with E-state index in [-0.39, 0.29) is 5.91 Å². The summed E-state index contributed by atoms with van der Waals surface area (Å²) < 4.78 is 0.934. The van der Waals surface area contributed by atoms with Gasteiger partial charge in [0.1, 0.15) is 5.15 Å². The Balaban J connectivity index is 2.18. The van der Waals surface area contributed by atoms with E-state index in [0.717, 1.165) is 4.47 Å². The number of carbonyl (C=O) groups is 1. The van der Waals surface area contributed by atoms with Crippen LogP contribution in [0.15, 0.2) is 40.9 Å². The van der Waals surface area contributed by atoms with Crippen molar-refractivity contribution in [2.24, 2.45) is 0 Å². The molecule has 18 heavy (non-hydrogen) atoms. The first-order valence-corrected chi connectivity index (χ1v) is 6.43. The fraction of sp³-hybridized carbons (Fsp3) is 0.0769. The molecule has 0 spiro atoms. The summed E-state index contributed by atoms with van der Waals surface area (Å²) in [4.78, 5) is 16.1. The molecule has 1 aromatic heterocycles. The first kappa shape index (κ1) is 13.1. The smallest absolute Gasteiger partial charge is 0.255 e. The summed E-state index contributed by atoms with van der Waals surface area (Å²) in [6.45, 7) is 1.79. The molecular formula is C13H10BrClN2O. The van der Waals surface area contributed by atoms with Gasteiger partial charge < -0.3 is 5.32 Å². The second-order valence-corrected chi connectivity index (χ2v) is 5.03. The summed E-state index contributed by atoms with van der Waals surface area (Å²) in [6, 6.07) is 10.5. The number of aromatic nitrogens is 1. The summed E-state index contributed by atoms with van der Waals surface area (Å²) in [5, 5.41) is 3.21. The van der Waals surface area contributed by atoms with Gasteiger partial charge in [-0.05, 0) is 43.3 Å². The maximum absolute atomic E-state index is 12.0. The SMILES string of the molecule is Cc1nc(Cl)ccc1NC(=O)c1ccc(Br)cc1. The lowest BCUT2D eigenvalue weighted by Gasteiger charge is -2.08. The largest absolute Gasteiger partial charge is 0.320 e. The van der Waals surface area contributed by atoms with Crippen LogP contribution in [-0.4, -0.2) is 10.9 Å². The van der Waals surface area contributed by atoms with Crippen molar-refractivity contribution in [3.63, 3.8) is 0 Å². The van der Waals surface area contributed by atoms with Gasteiger partial charge in [0, 0.05) is 10.0 Å². The summed E-state index contributed by atoms with van der Waals surface area (Å²) in [7, 11) is 0. The van der Waals surface area contributed by atoms with Gasteiger partial charge in [-0.15, -0.1) is 0 Å². The fourth-order valence-corrected chi connectivity index (χ4v) is 1.91. The Kier molecular flexibility index (Phi) is 3.99. The molecule has 0 aliphatic heterocycles. The fourth-order valence-electron chi connectivity index (χ4n) is 1.46. The number of nitrogens with one attached hydrogen (secondary N) is 1. The molecule has 3 nitrogen and oxygen atoms in total. The third-order valence-electron chi connectivity index (χ3n) is 2.41. The molecule has 0 atom stereocenters. The van der Waals surface area contributed by atoms with Crippen molar-refractivity contribution in [1.82, 2.24) is 4.98 Å². The van der Waals surface area contributed by atoms with Crippen LogP contribution in [0, 0.1) is 6.92 Å². The molecule has 0 aliphatic rings. The third-order valence-corrected chi connectivity index (χ3v) is 3.15. The second kappa shape index (κ2) is 5.50. The molecule has 0 saturated carbocycles. The molecule has 0 unspecified atom stereocenters. The van der Waals surface area contributed by atoms with Crippen LogP contribution in [0.3, 0.4) is 0 Å². The van der Waals surface area contributed by atoms with E-state index in [4.69, 9.17) is 11.6 Å². The molecule has 1 amide bonds. The Morgan fingerprint density at radius 3 is 2.50 bits per heavy atom. The quantitative estimate of drug-likeness (QED) is 0.846. The number of carbonyl (C=O) groups excluding carboxylic acids is 1. The molecule has 1 aromatic carbocycles. The van der Waals surface area contributed by atoms with E-state index in [1.165, 1.54) is 0 Å². The summed E-state index contributed by atoms with van der Waals surface area (Å²) in [5.74, 6) is -0.172. The van der Waals surface area contributed by atoms with Gasteiger partial charge in [-0.3, -0.25) is 4.79 Å². The predicted molar refractivity (Wildman–Crippen MR) is 76.1 cm³/mol. The van der Waals surface area contributed by atoms with Crippen LogP contribution < -0.4 is 5.32 Å². The summed E-state index contributed by atoms with van der Waals surface area (Å²) in [5.41, 5.74) is 1.94. The highest BCUT2D eigenvalue weighted by atomic mass is 79.9. The van der Waals surface area contributed by atoms with Gasteiger partial charge in [0.2, 0.25) is 0 Å². The number of amides is 1. The highest BCUT2D eigenvalue weighted by Crippen LogP contribution is 2.17. The summed E-state index contributed by atoms with van der Waals surface area (Å²) in [6.07, 6.45) is 0. The monoisotopic (exact) mass is 324 g/mol. The van der Waals surface area contributed by atoms with Gasteiger partial charge in [0.15, 0.2) is 0 Å². The number of rotatable bonds is 2. The average molecular weight is 326 g/mol. The average Bonchev–Trinajstić information content (AvgIpc) is 2.33. The lowest BCUT2D eigenvalue weighted by atomic mass is 10.2. The van der Waals surface area contributed by atoms with Crippen molar-refractivity contribution >= 4 is 39.1 Å². The zero-order valence-corrected chi connectivity index (χ0v) is 11.9. The van der Waals surface area contributed by atoms with Crippen LogP contribution in [0.4, 0.5) is 5.69 Å². The standard InChI is InChI=1S/C13H10BrClN2O/c1-8-11(6-7-12(15)16-8)17-13(18)9-2-4-10(14)5-3-9/h2-7H,1H3,(H,17,18). The summed E-state index contributed by atoms with van der Waals surface area (Å²) >= 11 is 9.08. The lowest BCUT2D eigenvalue weighted by molar-refractivity contribution is 0.102. The number of aryl methyl sites for hydroxylation is 1. The number of anilines is 1. The van der Waals surface area contributed by atoms with Gasteiger partial charge in [-0.1, -0.05) is 27.5 Å². The van der Waals surface area contributed by atoms with E-state index in [1.807, 2.05) is 12.1 Å². The van der Waals surface area contributed by atoms with Crippen LogP contribution in [0.5, 0.6) is 0 Å². The van der Waals surface area contributed by atoms with Crippen LogP contribution >= 0.6 is 27.5 Å². The highest BCUT2D eigenvalue weighted by molar-refractivity contribution is 9.10. The van der Waals surface area contributed by atoms with Crippen molar-refractivity contribution in [3.8, 4) is 0 Å². The van der Waals surface area contributed by atoms with E-state index in [2.05, 4.69) is 26.2 Å². The minimum absolute atomic E-state index is 0.172. The van der Waals surface area contributed by atoms with E-state index >= 15 is 0 Å². The third kappa shape index (κ3) is 3.09. The minimum Gasteiger partial charge on any atom is -0.320 e. The molecule has 0 radical (unpaired) electrons. The van der Waals surface area contributed by atoms with E-state index in [1.54, 1.807) is 31.2 Å². The van der Waals surface area contributed by atoms with Crippen LogP contribution in [0.2, 0.25) is 5.15 Å². The Morgan fingerprint density at radius 1 is 1.22 bits per heavy atom. The topological polar surface area (TPSA) is 42.0 Å². The van der Waals surface area contributed by atoms with E-state index in [9.17, 15) is 4.79 Å². The number of halogens is 2. The Morgan fingerprint density at radius 2 is 1.89 bits per heavy atom. The van der Waals surface area contributed by atoms with E-state index in [0.29, 0.717) is 22.1 Å². The molecule has 1 N–H and O–H groups in total. The molecule has 0 bridgehead atoms. The molecule has 2 rings (SSSR count). The highest BCUT2D eigenvalue weighted by Gasteiger charge is 2.08. The molecule has 2 aromatic rings. The Labute approximate surface area is 118 Å². The zero-order valence-electron chi connectivity index (χ0n) is 9.58. The molecule has 5 heteroatoms. The van der Waals surface area contributed by atoms with Gasteiger partial charge in [0.05, 0.1) is 11.4 Å². The van der Waals surface area contributed by atoms with E-state index < -0.39 is 0 Å². The van der Waals surface area contributed by atoms with Gasteiger partial charge in [-0.25, -0.2) is 4.98 Å². The maximum Gasteiger partial charge on any atom is 0.255 e. The van der Waals surface area contributed by atoms with Crippen molar-refractivity contribution in [3.05, 3.63) is 57.3 Å². The molecule has 0 aliphatic carbocycles. The van der Waals surface area contributed by atoms with Gasteiger partial charge in [-0.2, -0.15) is 0 Å². The number of nitrogens with zero attached hydrogens (tertiary/aromatic N) is 1. The maximum atomic E-state index is 12.0. The van der Waals surface area contributed by atoms with Crippen molar-refractivity contribution in [2.45, 2.75) is 6.92 Å². The van der Waals surface area contributed by atoms with Crippen LogP contribution in [-0.2, 0) is 0 Å². The zero-order chi connectivity index (χ0) is 13.1.